The number of amides is 1. The minimum absolute atomic E-state index is 0.0706. The maximum Gasteiger partial charge on any atom is 0.238 e. The van der Waals surface area contributed by atoms with Crippen molar-refractivity contribution in [2.24, 2.45) is 5.92 Å². The van der Waals surface area contributed by atoms with Gasteiger partial charge in [0.25, 0.3) is 0 Å². The molecule has 0 aliphatic carbocycles. The molecule has 0 saturated carbocycles. The first kappa shape index (κ1) is 14.8. The Morgan fingerprint density at radius 2 is 2.16 bits per heavy atom. The zero-order valence-electron chi connectivity index (χ0n) is 12.4. The Morgan fingerprint density at radius 3 is 2.74 bits per heavy atom. The van der Waals surface area contributed by atoms with Crippen LogP contribution < -0.4 is 16.0 Å². The standard InChI is InChI=1S/C14H28N4O/c1-10(2)18-5-4-12(9-18)7-17-14(19)13-8-15-11(3)6-16-13/h10-13,15-16H,4-9H2,1-3H3,(H,17,19). The number of nitrogens with zero attached hydrogens (tertiary/aromatic N) is 1. The molecule has 2 aliphatic heterocycles. The first-order valence-corrected chi connectivity index (χ1v) is 7.54. The van der Waals surface area contributed by atoms with Crippen LogP contribution in [0.3, 0.4) is 0 Å². The van der Waals surface area contributed by atoms with Crippen LogP contribution in [-0.2, 0) is 4.79 Å². The molecule has 5 nitrogen and oxygen atoms in total. The van der Waals surface area contributed by atoms with Crippen molar-refractivity contribution in [1.29, 1.82) is 0 Å². The molecule has 0 bridgehead atoms. The van der Waals surface area contributed by atoms with Crippen molar-refractivity contribution in [3.8, 4) is 0 Å². The van der Waals surface area contributed by atoms with Gasteiger partial charge in [-0.3, -0.25) is 4.79 Å². The first-order chi connectivity index (χ1) is 9.06. The normalized spacial score (nSPS) is 32.7. The van der Waals surface area contributed by atoms with E-state index in [2.05, 4.69) is 41.6 Å². The predicted octanol–water partition coefficient (Wildman–Crippen LogP) is -0.217. The molecule has 0 spiro atoms. The molecule has 3 atom stereocenters. The van der Waals surface area contributed by atoms with Gasteiger partial charge in [0.1, 0.15) is 0 Å². The lowest BCUT2D eigenvalue weighted by atomic mass is 10.1. The molecule has 0 aromatic carbocycles. The molecule has 0 aromatic heterocycles. The van der Waals surface area contributed by atoms with E-state index in [1.807, 2.05) is 0 Å². The molecule has 110 valence electrons. The average molecular weight is 268 g/mol. The molecule has 2 fully saturated rings. The quantitative estimate of drug-likeness (QED) is 0.660. The Bertz CT molecular complexity index is 300. The second-order valence-corrected chi connectivity index (χ2v) is 6.26. The molecule has 2 aliphatic rings. The van der Waals surface area contributed by atoms with Crippen LogP contribution in [0, 0.1) is 5.92 Å². The molecule has 2 saturated heterocycles. The second-order valence-electron chi connectivity index (χ2n) is 6.26. The molecule has 5 heteroatoms. The van der Waals surface area contributed by atoms with Gasteiger partial charge in [0, 0.05) is 38.3 Å². The summed E-state index contributed by atoms with van der Waals surface area (Å²) in [7, 11) is 0. The molecule has 2 heterocycles. The van der Waals surface area contributed by atoms with E-state index in [1.54, 1.807) is 0 Å². The highest BCUT2D eigenvalue weighted by Gasteiger charge is 2.27. The third-order valence-corrected chi connectivity index (χ3v) is 4.27. The topological polar surface area (TPSA) is 56.4 Å². The van der Waals surface area contributed by atoms with Gasteiger partial charge < -0.3 is 20.9 Å². The third kappa shape index (κ3) is 4.16. The van der Waals surface area contributed by atoms with Gasteiger partial charge in [0.2, 0.25) is 5.91 Å². The van der Waals surface area contributed by atoms with Crippen LogP contribution >= 0.6 is 0 Å². The number of carbonyl (C=O) groups excluding carboxylic acids is 1. The number of piperazine rings is 1. The maximum absolute atomic E-state index is 12.0. The van der Waals surface area contributed by atoms with Gasteiger partial charge in [-0.1, -0.05) is 0 Å². The van der Waals surface area contributed by atoms with E-state index in [-0.39, 0.29) is 11.9 Å². The van der Waals surface area contributed by atoms with E-state index in [4.69, 9.17) is 0 Å². The van der Waals surface area contributed by atoms with Crippen molar-refractivity contribution in [1.82, 2.24) is 20.9 Å². The van der Waals surface area contributed by atoms with Crippen molar-refractivity contribution < 1.29 is 4.79 Å². The van der Waals surface area contributed by atoms with Crippen molar-refractivity contribution in [3.05, 3.63) is 0 Å². The largest absolute Gasteiger partial charge is 0.354 e. The minimum atomic E-state index is -0.0706. The van der Waals surface area contributed by atoms with Gasteiger partial charge in [-0.05, 0) is 39.7 Å². The smallest absolute Gasteiger partial charge is 0.238 e. The summed E-state index contributed by atoms with van der Waals surface area (Å²) in [6, 6.07) is 1.00. The highest BCUT2D eigenvalue weighted by atomic mass is 16.2. The summed E-state index contributed by atoms with van der Waals surface area (Å²) in [4.78, 5) is 14.5. The van der Waals surface area contributed by atoms with Crippen molar-refractivity contribution in [2.45, 2.75) is 45.3 Å². The highest BCUT2D eigenvalue weighted by molar-refractivity contribution is 5.82. The average Bonchev–Trinajstić information content (AvgIpc) is 2.86. The zero-order chi connectivity index (χ0) is 13.8. The van der Waals surface area contributed by atoms with Crippen LogP contribution in [0.1, 0.15) is 27.2 Å². The Hall–Kier alpha value is -0.650. The van der Waals surface area contributed by atoms with E-state index in [0.29, 0.717) is 18.0 Å². The number of nitrogens with one attached hydrogen (secondary N) is 3. The van der Waals surface area contributed by atoms with Gasteiger partial charge in [0.05, 0.1) is 6.04 Å². The SMILES string of the molecule is CC1CNC(C(=O)NCC2CCN(C(C)C)C2)CN1. The molecule has 0 radical (unpaired) electrons. The molecule has 3 N–H and O–H groups in total. The van der Waals surface area contributed by atoms with Crippen LogP contribution in [0.4, 0.5) is 0 Å². The van der Waals surface area contributed by atoms with Crippen LogP contribution in [0.15, 0.2) is 0 Å². The van der Waals surface area contributed by atoms with Gasteiger partial charge in [-0.2, -0.15) is 0 Å². The van der Waals surface area contributed by atoms with E-state index < -0.39 is 0 Å². The van der Waals surface area contributed by atoms with Gasteiger partial charge >= 0.3 is 0 Å². The number of hydrogen-bond donors (Lipinski definition) is 3. The number of likely N-dealkylation sites (tertiary alicyclic amines) is 1. The third-order valence-electron chi connectivity index (χ3n) is 4.27. The summed E-state index contributed by atoms with van der Waals surface area (Å²) in [5.41, 5.74) is 0. The van der Waals surface area contributed by atoms with Crippen LogP contribution in [0.2, 0.25) is 0 Å². The first-order valence-electron chi connectivity index (χ1n) is 7.54. The van der Waals surface area contributed by atoms with E-state index in [0.717, 1.165) is 26.2 Å². The summed E-state index contributed by atoms with van der Waals surface area (Å²) in [5, 5.41) is 9.72. The van der Waals surface area contributed by atoms with Crippen LogP contribution in [0.25, 0.3) is 0 Å². The fraction of sp³-hybridized carbons (Fsp3) is 0.929. The van der Waals surface area contributed by atoms with Crippen molar-refractivity contribution in [3.63, 3.8) is 0 Å². The van der Waals surface area contributed by atoms with E-state index in [1.165, 1.54) is 13.0 Å². The lowest BCUT2D eigenvalue weighted by Crippen LogP contribution is -2.59. The minimum Gasteiger partial charge on any atom is -0.354 e. The van der Waals surface area contributed by atoms with E-state index >= 15 is 0 Å². The summed E-state index contributed by atoms with van der Waals surface area (Å²) in [5.74, 6) is 0.754. The molecule has 0 aromatic rings. The fourth-order valence-electron chi connectivity index (χ4n) is 2.83. The summed E-state index contributed by atoms with van der Waals surface area (Å²) in [6.07, 6.45) is 1.20. The lowest BCUT2D eigenvalue weighted by molar-refractivity contribution is -0.123. The molecule has 19 heavy (non-hydrogen) atoms. The summed E-state index contributed by atoms with van der Waals surface area (Å²) >= 11 is 0. The molecular formula is C14H28N4O. The number of carbonyl (C=O) groups is 1. The van der Waals surface area contributed by atoms with Gasteiger partial charge in [0.15, 0.2) is 0 Å². The highest BCUT2D eigenvalue weighted by Crippen LogP contribution is 2.17. The van der Waals surface area contributed by atoms with E-state index in [9.17, 15) is 4.79 Å². The van der Waals surface area contributed by atoms with Crippen LogP contribution in [0.5, 0.6) is 0 Å². The predicted molar refractivity (Wildman–Crippen MR) is 77.1 cm³/mol. The van der Waals surface area contributed by atoms with Gasteiger partial charge in [-0.25, -0.2) is 0 Å². The Morgan fingerprint density at radius 1 is 1.37 bits per heavy atom. The summed E-state index contributed by atoms with van der Waals surface area (Å²) < 4.78 is 0. The molecular weight excluding hydrogens is 240 g/mol. The fourth-order valence-corrected chi connectivity index (χ4v) is 2.83. The number of hydrogen-bond acceptors (Lipinski definition) is 4. The lowest BCUT2D eigenvalue weighted by Gasteiger charge is -2.28. The van der Waals surface area contributed by atoms with Crippen molar-refractivity contribution in [2.75, 3.05) is 32.7 Å². The molecule has 1 amide bonds. The maximum atomic E-state index is 12.0. The Balaban J connectivity index is 1.67. The van der Waals surface area contributed by atoms with Crippen LogP contribution in [-0.4, -0.2) is 61.7 Å². The second kappa shape index (κ2) is 6.68. The van der Waals surface area contributed by atoms with Crippen molar-refractivity contribution >= 4 is 5.91 Å². The summed E-state index contributed by atoms with van der Waals surface area (Å²) in [6.45, 7) is 11.3. The van der Waals surface area contributed by atoms with Gasteiger partial charge in [-0.15, -0.1) is 0 Å². The zero-order valence-corrected chi connectivity index (χ0v) is 12.4. The monoisotopic (exact) mass is 268 g/mol. The molecule has 2 rings (SSSR count). The molecule has 3 unspecified atom stereocenters. The number of rotatable bonds is 4. The Kier molecular flexibility index (Phi) is 5.19. The Labute approximate surface area is 116 Å².